The van der Waals surface area contributed by atoms with Crippen molar-refractivity contribution in [2.24, 2.45) is 0 Å². The molecule has 0 amide bonds. The van der Waals surface area contributed by atoms with Crippen LogP contribution in [0.3, 0.4) is 0 Å². The molecule has 1 saturated heterocycles. The third-order valence-corrected chi connectivity index (χ3v) is 4.20. The first-order valence-electron chi connectivity index (χ1n) is 8.88. The standard InChI is InChI=1S/C21H24O6/c1-23-21-20(22)27-19(15-26-21)18(25-13-17-10-6-3-7-11-17)14-24-12-16-8-4-2-5-9-16/h2-11,18-19,21H,12-15H2,1H3. The Labute approximate surface area is 158 Å². The van der Waals surface area contributed by atoms with Crippen LogP contribution in [0.15, 0.2) is 60.7 Å². The molecule has 1 fully saturated rings. The van der Waals surface area contributed by atoms with Gasteiger partial charge in [0.05, 0.1) is 26.4 Å². The second-order valence-electron chi connectivity index (χ2n) is 6.21. The van der Waals surface area contributed by atoms with Crippen molar-refractivity contribution in [1.82, 2.24) is 0 Å². The zero-order valence-corrected chi connectivity index (χ0v) is 15.3. The van der Waals surface area contributed by atoms with Crippen molar-refractivity contribution < 1.29 is 28.5 Å². The van der Waals surface area contributed by atoms with Gasteiger partial charge in [-0.2, -0.15) is 0 Å². The van der Waals surface area contributed by atoms with Gasteiger partial charge in [0.25, 0.3) is 6.29 Å². The number of carbonyl (C=O) groups excluding carboxylic acids is 1. The van der Waals surface area contributed by atoms with Crippen molar-refractivity contribution in [3.63, 3.8) is 0 Å². The minimum Gasteiger partial charge on any atom is -0.453 e. The van der Waals surface area contributed by atoms with E-state index in [-0.39, 0.29) is 13.2 Å². The first-order chi connectivity index (χ1) is 13.3. The monoisotopic (exact) mass is 372 g/mol. The minimum atomic E-state index is -0.985. The largest absolute Gasteiger partial charge is 0.453 e. The van der Waals surface area contributed by atoms with Crippen LogP contribution in [0.2, 0.25) is 0 Å². The van der Waals surface area contributed by atoms with E-state index >= 15 is 0 Å². The van der Waals surface area contributed by atoms with Gasteiger partial charge in [-0.05, 0) is 11.1 Å². The Hall–Kier alpha value is -2.25. The molecule has 0 spiro atoms. The van der Waals surface area contributed by atoms with Gasteiger partial charge in [0.15, 0.2) is 6.10 Å². The highest BCUT2D eigenvalue weighted by atomic mass is 16.7. The normalized spacial score (nSPS) is 20.9. The molecular formula is C21H24O6. The van der Waals surface area contributed by atoms with E-state index in [1.165, 1.54) is 7.11 Å². The molecule has 3 unspecified atom stereocenters. The van der Waals surface area contributed by atoms with Crippen molar-refractivity contribution in [1.29, 1.82) is 0 Å². The average molecular weight is 372 g/mol. The summed E-state index contributed by atoms with van der Waals surface area (Å²) >= 11 is 0. The van der Waals surface area contributed by atoms with Gasteiger partial charge in [-0.1, -0.05) is 60.7 Å². The van der Waals surface area contributed by atoms with Crippen LogP contribution in [0.25, 0.3) is 0 Å². The van der Waals surface area contributed by atoms with Crippen LogP contribution in [0.4, 0.5) is 0 Å². The molecular weight excluding hydrogens is 348 g/mol. The van der Waals surface area contributed by atoms with Gasteiger partial charge >= 0.3 is 5.97 Å². The molecule has 27 heavy (non-hydrogen) atoms. The molecule has 144 valence electrons. The highest BCUT2D eigenvalue weighted by Gasteiger charge is 2.36. The van der Waals surface area contributed by atoms with Gasteiger partial charge in [0.2, 0.25) is 0 Å². The van der Waals surface area contributed by atoms with Gasteiger partial charge in [-0.25, -0.2) is 4.79 Å². The third-order valence-electron chi connectivity index (χ3n) is 4.20. The molecule has 2 aromatic rings. The predicted octanol–water partition coefficient (Wildman–Crippen LogP) is 2.70. The zero-order valence-electron chi connectivity index (χ0n) is 15.3. The van der Waals surface area contributed by atoms with E-state index in [2.05, 4.69) is 0 Å². The molecule has 0 saturated carbocycles. The number of methoxy groups -OCH3 is 1. The lowest BCUT2D eigenvalue weighted by Crippen LogP contribution is -2.48. The molecule has 1 aliphatic rings. The van der Waals surface area contributed by atoms with Gasteiger partial charge < -0.3 is 23.7 Å². The number of cyclic esters (lactones) is 1. The van der Waals surface area contributed by atoms with Crippen molar-refractivity contribution in [3.8, 4) is 0 Å². The van der Waals surface area contributed by atoms with E-state index in [9.17, 15) is 4.79 Å². The maximum absolute atomic E-state index is 11.9. The summed E-state index contributed by atoms with van der Waals surface area (Å²) in [5, 5.41) is 0. The lowest BCUT2D eigenvalue weighted by molar-refractivity contribution is -0.239. The number of hydrogen-bond donors (Lipinski definition) is 0. The summed E-state index contributed by atoms with van der Waals surface area (Å²) in [4.78, 5) is 11.9. The Balaban J connectivity index is 1.58. The third kappa shape index (κ3) is 5.87. The smallest absolute Gasteiger partial charge is 0.363 e. The Morgan fingerprint density at radius 2 is 1.63 bits per heavy atom. The van der Waals surface area contributed by atoms with Crippen LogP contribution >= 0.6 is 0 Å². The van der Waals surface area contributed by atoms with E-state index < -0.39 is 24.5 Å². The van der Waals surface area contributed by atoms with Gasteiger partial charge in [-0.15, -0.1) is 0 Å². The Morgan fingerprint density at radius 1 is 1.00 bits per heavy atom. The molecule has 0 radical (unpaired) electrons. The minimum absolute atomic E-state index is 0.193. The summed E-state index contributed by atoms with van der Waals surface area (Å²) < 4.78 is 27.6. The Bertz CT molecular complexity index is 690. The zero-order chi connectivity index (χ0) is 18.9. The van der Waals surface area contributed by atoms with E-state index in [0.717, 1.165) is 11.1 Å². The topological polar surface area (TPSA) is 63.2 Å². The molecule has 0 bridgehead atoms. The van der Waals surface area contributed by atoms with E-state index in [0.29, 0.717) is 13.2 Å². The SMILES string of the molecule is COC1OCC(C(COCc2ccccc2)OCc2ccccc2)OC1=O. The first-order valence-corrected chi connectivity index (χ1v) is 8.88. The summed E-state index contributed by atoms with van der Waals surface area (Å²) in [5.41, 5.74) is 2.10. The molecule has 1 aliphatic heterocycles. The van der Waals surface area contributed by atoms with Crippen molar-refractivity contribution >= 4 is 5.97 Å². The van der Waals surface area contributed by atoms with Crippen LogP contribution in [0, 0.1) is 0 Å². The second-order valence-corrected chi connectivity index (χ2v) is 6.21. The first kappa shape index (κ1) is 19.5. The molecule has 6 heteroatoms. The molecule has 0 aromatic heterocycles. The number of esters is 1. The summed E-state index contributed by atoms with van der Waals surface area (Å²) in [7, 11) is 1.40. The van der Waals surface area contributed by atoms with Gasteiger partial charge in [0, 0.05) is 7.11 Å². The maximum Gasteiger partial charge on any atom is 0.363 e. The Kier molecular flexibility index (Phi) is 7.36. The molecule has 3 atom stereocenters. The van der Waals surface area contributed by atoms with Gasteiger partial charge in [-0.3, -0.25) is 0 Å². The summed E-state index contributed by atoms with van der Waals surface area (Å²) in [6, 6.07) is 19.7. The molecule has 0 N–H and O–H groups in total. The highest BCUT2D eigenvalue weighted by molar-refractivity contribution is 5.74. The molecule has 0 aliphatic carbocycles. The summed E-state index contributed by atoms with van der Waals surface area (Å²) in [6.07, 6.45) is -1.99. The number of ether oxygens (including phenoxy) is 5. The van der Waals surface area contributed by atoms with E-state index in [1.54, 1.807) is 0 Å². The number of benzene rings is 2. The molecule has 3 rings (SSSR count). The van der Waals surface area contributed by atoms with Crippen molar-refractivity contribution in [2.75, 3.05) is 20.3 Å². The molecule has 6 nitrogen and oxygen atoms in total. The lowest BCUT2D eigenvalue weighted by Gasteiger charge is -2.32. The fraction of sp³-hybridized carbons (Fsp3) is 0.381. The highest BCUT2D eigenvalue weighted by Crippen LogP contribution is 2.17. The maximum atomic E-state index is 11.9. The predicted molar refractivity (Wildman–Crippen MR) is 97.7 cm³/mol. The van der Waals surface area contributed by atoms with E-state index in [1.807, 2.05) is 60.7 Å². The second kappa shape index (κ2) is 10.2. The Morgan fingerprint density at radius 3 is 2.22 bits per heavy atom. The van der Waals surface area contributed by atoms with Crippen molar-refractivity contribution in [3.05, 3.63) is 71.8 Å². The average Bonchev–Trinajstić information content (AvgIpc) is 2.72. The van der Waals surface area contributed by atoms with Crippen LogP contribution in [-0.4, -0.2) is 44.8 Å². The summed E-state index contributed by atoms with van der Waals surface area (Å²) in [5.74, 6) is -0.551. The van der Waals surface area contributed by atoms with E-state index in [4.69, 9.17) is 23.7 Å². The summed E-state index contributed by atoms with van der Waals surface area (Å²) in [6.45, 7) is 1.31. The fourth-order valence-corrected chi connectivity index (χ4v) is 2.74. The quantitative estimate of drug-likeness (QED) is 0.631. The fourth-order valence-electron chi connectivity index (χ4n) is 2.74. The number of rotatable bonds is 9. The van der Waals surface area contributed by atoms with Crippen molar-refractivity contribution in [2.45, 2.75) is 31.7 Å². The molecule has 1 heterocycles. The molecule has 2 aromatic carbocycles. The number of hydrogen-bond acceptors (Lipinski definition) is 6. The lowest BCUT2D eigenvalue weighted by atomic mass is 10.2. The van der Waals surface area contributed by atoms with Crippen LogP contribution in [-0.2, 0) is 41.7 Å². The number of carbonyl (C=O) groups is 1. The van der Waals surface area contributed by atoms with Crippen LogP contribution in [0.5, 0.6) is 0 Å². The van der Waals surface area contributed by atoms with Crippen LogP contribution in [0.1, 0.15) is 11.1 Å². The van der Waals surface area contributed by atoms with Gasteiger partial charge in [0.1, 0.15) is 6.10 Å². The van der Waals surface area contributed by atoms with Crippen LogP contribution < -0.4 is 0 Å².